The standard InChI is InChI=1S/C35H48BFN4O8/c1-3-5-6-7-16-29(38-35(45)49-25-13-8-9-14-25)34(44)41-19-26(17-30(41)33(43)39-32-24(11-4-2)21-48-36(32)46)47-22-31(42)40-18-23-12-10-15-28(37)27(23)20-40/h3-4,10,12,15,24-26,29-30,32,46H,1-2,5-9,11,13-14,16-22H2,(H,38,45)(H,39,43)/t24-,26+,29-,30-,32?/m0/s1. The van der Waals surface area contributed by atoms with Gasteiger partial charge < -0.3 is 39.6 Å². The lowest BCUT2D eigenvalue weighted by atomic mass is 9.74. The Balaban J connectivity index is 1.28. The first-order valence-electron chi connectivity index (χ1n) is 17.4. The van der Waals surface area contributed by atoms with Crippen molar-refractivity contribution in [1.29, 1.82) is 0 Å². The third-order valence-corrected chi connectivity index (χ3v) is 9.96. The fraction of sp³-hybridized carbons (Fsp3) is 0.600. The second kappa shape index (κ2) is 17.3. The Bertz CT molecular complexity index is 1380. The maximum Gasteiger partial charge on any atom is 0.478 e. The molecular weight excluding hydrogens is 634 g/mol. The summed E-state index contributed by atoms with van der Waals surface area (Å²) in [5, 5.41) is 16.1. The molecule has 2 saturated heterocycles. The van der Waals surface area contributed by atoms with Crippen LogP contribution in [0.4, 0.5) is 9.18 Å². The van der Waals surface area contributed by atoms with E-state index in [1.807, 2.05) is 0 Å². The number of rotatable bonds is 15. The van der Waals surface area contributed by atoms with Gasteiger partial charge in [-0.2, -0.15) is 0 Å². The smallest absolute Gasteiger partial charge is 0.446 e. The van der Waals surface area contributed by atoms with Crippen molar-refractivity contribution in [2.45, 2.75) is 108 Å². The summed E-state index contributed by atoms with van der Waals surface area (Å²) < 4.78 is 31.3. The van der Waals surface area contributed by atoms with Crippen LogP contribution >= 0.6 is 0 Å². The summed E-state index contributed by atoms with van der Waals surface area (Å²) >= 11 is 0. The molecule has 4 aliphatic rings. The number of fused-ring (bicyclic) bond motifs is 1. The molecule has 12 nitrogen and oxygen atoms in total. The zero-order valence-electron chi connectivity index (χ0n) is 28.0. The van der Waals surface area contributed by atoms with Crippen LogP contribution in [0, 0.1) is 11.7 Å². The number of likely N-dealkylation sites (tertiary alicyclic amines) is 1. The van der Waals surface area contributed by atoms with E-state index in [9.17, 15) is 28.6 Å². The van der Waals surface area contributed by atoms with E-state index in [0.29, 0.717) is 24.8 Å². The van der Waals surface area contributed by atoms with Gasteiger partial charge in [-0.3, -0.25) is 14.4 Å². The molecule has 3 fully saturated rings. The number of nitrogens with zero attached hydrogens (tertiary/aromatic N) is 2. The number of carbonyl (C=O) groups excluding carboxylic acids is 4. The number of amides is 4. The molecule has 3 aliphatic heterocycles. The van der Waals surface area contributed by atoms with Crippen molar-refractivity contribution in [2.75, 3.05) is 19.8 Å². The molecule has 0 bridgehead atoms. The zero-order chi connectivity index (χ0) is 34.9. The quantitative estimate of drug-likeness (QED) is 0.145. The van der Waals surface area contributed by atoms with Gasteiger partial charge >= 0.3 is 13.2 Å². The molecule has 4 amide bonds. The number of halogens is 1. The number of unbranched alkanes of at least 4 members (excludes halogenated alkanes) is 2. The van der Waals surface area contributed by atoms with Gasteiger partial charge in [0.05, 0.1) is 12.0 Å². The molecule has 0 aromatic heterocycles. The van der Waals surface area contributed by atoms with Gasteiger partial charge in [0.1, 0.15) is 30.6 Å². The molecule has 0 radical (unpaired) electrons. The monoisotopic (exact) mass is 682 g/mol. The van der Waals surface area contributed by atoms with E-state index in [4.69, 9.17) is 14.1 Å². The molecule has 3 N–H and O–H groups in total. The first-order valence-corrected chi connectivity index (χ1v) is 17.4. The number of alkyl carbamates (subject to hydrolysis) is 1. The van der Waals surface area contributed by atoms with E-state index in [-0.39, 0.29) is 63.0 Å². The van der Waals surface area contributed by atoms with Gasteiger partial charge in [-0.05, 0) is 63.0 Å². The van der Waals surface area contributed by atoms with Crippen LogP contribution in [0.15, 0.2) is 43.5 Å². The predicted octanol–water partition coefficient (Wildman–Crippen LogP) is 3.16. The lowest BCUT2D eigenvalue weighted by Crippen LogP contribution is -2.56. The van der Waals surface area contributed by atoms with Crippen molar-refractivity contribution in [3.8, 4) is 0 Å². The second-order valence-corrected chi connectivity index (χ2v) is 13.4. The SMILES string of the molecule is C=CCCCC[C@H](NC(=O)OC1CCCC1)C(=O)N1C[C@H](OCC(=O)N2Cc3cccc(F)c3C2)C[C@H]1C(=O)NC1B(O)OC[C@@H]1CC=C. The van der Waals surface area contributed by atoms with Crippen LogP contribution in [-0.4, -0.2) is 95.7 Å². The van der Waals surface area contributed by atoms with Gasteiger partial charge in [0, 0.05) is 44.1 Å². The lowest BCUT2D eigenvalue weighted by molar-refractivity contribution is -0.140. The number of nitrogens with one attached hydrogen (secondary N) is 2. The van der Waals surface area contributed by atoms with Crippen molar-refractivity contribution in [3.05, 3.63) is 60.5 Å². The predicted molar refractivity (Wildman–Crippen MR) is 179 cm³/mol. The topological polar surface area (TPSA) is 147 Å². The van der Waals surface area contributed by atoms with Crippen LogP contribution in [0.3, 0.4) is 0 Å². The number of hydrogen-bond acceptors (Lipinski definition) is 8. The van der Waals surface area contributed by atoms with E-state index < -0.39 is 49.2 Å². The molecule has 1 aliphatic carbocycles. The largest absolute Gasteiger partial charge is 0.478 e. The van der Waals surface area contributed by atoms with Crippen LogP contribution in [0.1, 0.15) is 75.3 Å². The molecule has 1 aromatic carbocycles. The Labute approximate surface area is 287 Å². The summed E-state index contributed by atoms with van der Waals surface area (Å²) in [4.78, 5) is 57.0. The van der Waals surface area contributed by atoms with Crippen LogP contribution in [0.2, 0.25) is 0 Å². The summed E-state index contributed by atoms with van der Waals surface area (Å²) in [6.07, 6.45) is 8.51. The molecular formula is C35H48BFN4O8. The normalized spacial score (nSPS) is 24.1. The van der Waals surface area contributed by atoms with Gasteiger partial charge in [0.25, 0.3) is 0 Å². The summed E-state index contributed by atoms with van der Waals surface area (Å²) in [7, 11) is -1.22. The number of carbonyl (C=O) groups is 4. The van der Waals surface area contributed by atoms with E-state index >= 15 is 0 Å². The Morgan fingerprint density at radius 2 is 1.92 bits per heavy atom. The van der Waals surface area contributed by atoms with Crippen molar-refractivity contribution in [2.24, 2.45) is 5.92 Å². The molecule has 5 rings (SSSR count). The second-order valence-electron chi connectivity index (χ2n) is 13.4. The number of allylic oxidation sites excluding steroid dienone is 2. The van der Waals surface area contributed by atoms with Crippen molar-refractivity contribution >= 4 is 30.9 Å². The summed E-state index contributed by atoms with van der Waals surface area (Å²) in [6.45, 7) is 7.84. The maximum atomic E-state index is 14.3. The van der Waals surface area contributed by atoms with Gasteiger partial charge in [-0.15, -0.1) is 13.2 Å². The minimum absolute atomic E-state index is 0.00136. The first kappa shape index (κ1) is 36.5. The highest BCUT2D eigenvalue weighted by Gasteiger charge is 2.47. The molecule has 49 heavy (non-hydrogen) atoms. The van der Waals surface area contributed by atoms with Crippen LogP contribution < -0.4 is 10.6 Å². The van der Waals surface area contributed by atoms with Gasteiger partial charge in [-0.25, -0.2) is 9.18 Å². The first-order chi connectivity index (χ1) is 23.7. The van der Waals surface area contributed by atoms with Gasteiger partial charge in [0.2, 0.25) is 17.7 Å². The van der Waals surface area contributed by atoms with Crippen LogP contribution in [-0.2, 0) is 41.6 Å². The summed E-state index contributed by atoms with van der Waals surface area (Å²) in [6, 6.07) is 2.80. The Hall–Kier alpha value is -3.75. The molecule has 3 heterocycles. The molecule has 266 valence electrons. The average Bonchev–Trinajstić information content (AvgIpc) is 3.90. The zero-order valence-corrected chi connectivity index (χ0v) is 28.0. The minimum Gasteiger partial charge on any atom is -0.446 e. The molecule has 1 aromatic rings. The Morgan fingerprint density at radius 1 is 1.12 bits per heavy atom. The van der Waals surface area contributed by atoms with Crippen molar-refractivity contribution < 1.29 is 42.7 Å². The van der Waals surface area contributed by atoms with E-state index in [1.54, 1.807) is 24.3 Å². The fourth-order valence-electron chi connectivity index (χ4n) is 7.22. The Kier molecular flexibility index (Phi) is 12.9. The average molecular weight is 683 g/mol. The van der Waals surface area contributed by atoms with Gasteiger partial charge in [0.15, 0.2) is 0 Å². The lowest BCUT2D eigenvalue weighted by Gasteiger charge is -2.30. The van der Waals surface area contributed by atoms with Gasteiger partial charge in [-0.1, -0.05) is 30.7 Å². The number of ether oxygens (including phenoxy) is 2. The summed E-state index contributed by atoms with van der Waals surface area (Å²) in [5.74, 6) is -2.58. The van der Waals surface area contributed by atoms with Crippen LogP contribution in [0.25, 0.3) is 0 Å². The highest BCUT2D eigenvalue weighted by atomic mass is 19.1. The molecule has 5 atom stereocenters. The van der Waals surface area contributed by atoms with Crippen LogP contribution in [0.5, 0.6) is 0 Å². The molecule has 14 heteroatoms. The number of benzene rings is 1. The third kappa shape index (κ3) is 9.28. The molecule has 0 spiro atoms. The van der Waals surface area contributed by atoms with Crippen molar-refractivity contribution in [1.82, 2.24) is 20.4 Å². The van der Waals surface area contributed by atoms with E-state index in [1.165, 1.54) is 15.9 Å². The third-order valence-electron chi connectivity index (χ3n) is 9.96. The van der Waals surface area contributed by atoms with Crippen molar-refractivity contribution in [3.63, 3.8) is 0 Å². The van der Waals surface area contributed by atoms with E-state index in [0.717, 1.165) is 44.1 Å². The highest BCUT2D eigenvalue weighted by Crippen LogP contribution is 2.28. The number of hydrogen-bond donors (Lipinski definition) is 3. The van der Waals surface area contributed by atoms with E-state index in [2.05, 4.69) is 23.8 Å². The molecule has 1 unspecified atom stereocenters. The molecule has 1 saturated carbocycles. The highest BCUT2D eigenvalue weighted by molar-refractivity contribution is 6.46. The maximum absolute atomic E-state index is 14.3. The minimum atomic E-state index is -1.22. The Morgan fingerprint density at radius 3 is 2.65 bits per heavy atom. The fourth-order valence-corrected chi connectivity index (χ4v) is 7.22. The summed E-state index contributed by atoms with van der Waals surface area (Å²) in [5.41, 5.74) is 1.23.